The monoisotopic (exact) mass is 366 g/mol. The first-order chi connectivity index (χ1) is 12.2. The third-order valence-corrected chi connectivity index (χ3v) is 3.99. The number of alkyl carbamates (subject to hydrolysis) is 1. The van der Waals surface area contributed by atoms with Gasteiger partial charge in [-0.3, -0.25) is 0 Å². The summed E-state index contributed by atoms with van der Waals surface area (Å²) in [6.07, 6.45) is -0.274. The van der Waals surface area contributed by atoms with Gasteiger partial charge in [-0.1, -0.05) is 19.1 Å². The lowest BCUT2D eigenvalue weighted by molar-refractivity contribution is 0.0288. The molecule has 1 saturated heterocycles. The van der Waals surface area contributed by atoms with Gasteiger partial charge in [0.25, 0.3) is 0 Å². The maximum Gasteiger partial charge on any atom is 0.410 e. The Balaban J connectivity index is 2.15. The summed E-state index contributed by atoms with van der Waals surface area (Å²) >= 11 is 0. The number of rotatable bonds is 4. The van der Waals surface area contributed by atoms with Crippen LogP contribution in [0.3, 0.4) is 0 Å². The lowest BCUT2D eigenvalue weighted by atomic mass is 9.94. The molecule has 6 nitrogen and oxygen atoms in total. The van der Waals surface area contributed by atoms with Crippen molar-refractivity contribution >= 4 is 12.2 Å². The van der Waals surface area contributed by atoms with Gasteiger partial charge in [0.05, 0.1) is 12.6 Å². The molecular formula is C19H27FN2O4. The van der Waals surface area contributed by atoms with Crippen LogP contribution in [0.1, 0.15) is 45.6 Å². The number of hydrogen-bond donors (Lipinski definition) is 1. The van der Waals surface area contributed by atoms with Crippen LogP contribution in [0.25, 0.3) is 0 Å². The molecule has 0 aromatic heterocycles. The molecule has 0 bridgehead atoms. The number of likely N-dealkylation sites (tertiary alicyclic amines) is 1. The van der Waals surface area contributed by atoms with E-state index >= 15 is 0 Å². The summed E-state index contributed by atoms with van der Waals surface area (Å²) in [6, 6.07) is 5.82. The molecule has 1 aromatic carbocycles. The zero-order chi connectivity index (χ0) is 19.3. The molecule has 7 heteroatoms. The summed E-state index contributed by atoms with van der Waals surface area (Å²) in [5.74, 6) is -0.599. The van der Waals surface area contributed by atoms with E-state index in [0.717, 1.165) is 12.0 Å². The van der Waals surface area contributed by atoms with Crippen molar-refractivity contribution in [3.05, 3.63) is 35.6 Å². The molecule has 1 heterocycles. The van der Waals surface area contributed by atoms with Crippen LogP contribution in [0.15, 0.2) is 24.3 Å². The van der Waals surface area contributed by atoms with E-state index in [0.29, 0.717) is 13.2 Å². The van der Waals surface area contributed by atoms with Crippen molar-refractivity contribution in [2.24, 2.45) is 0 Å². The van der Waals surface area contributed by atoms with Gasteiger partial charge < -0.3 is 19.7 Å². The Kier molecular flexibility index (Phi) is 6.45. The number of nitrogens with zero attached hydrogens (tertiary/aromatic N) is 1. The lowest BCUT2D eigenvalue weighted by Gasteiger charge is -2.24. The second-order valence-electron chi connectivity index (χ2n) is 7.43. The maximum absolute atomic E-state index is 13.6. The molecular weight excluding hydrogens is 339 g/mol. The number of nitrogens with one attached hydrogen (secondary N) is 1. The Bertz CT molecular complexity index is 645. The van der Waals surface area contributed by atoms with E-state index in [1.54, 1.807) is 32.9 Å². The van der Waals surface area contributed by atoms with Crippen LogP contribution in [0.4, 0.5) is 14.0 Å². The SMILES string of the molecule is CCCOC(=O)N[C@@H]1CN(C(=O)OC(C)(C)C)C[C@H]1c1cccc(F)c1. The van der Waals surface area contributed by atoms with Crippen molar-refractivity contribution in [2.75, 3.05) is 19.7 Å². The van der Waals surface area contributed by atoms with Gasteiger partial charge in [-0.05, 0) is 44.9 Å². The van der Waals surface area contributed by atoms with Crippen molar-refractivity contribution < 1.29 is 23.5 Å². The highest BCUT2D eigenvalue weighted by Crippen LogP contribution is 2.29. The molecule has 2 amide bonds. The van der Waals surface area contributed by atoms with Gasteiger partial charge in [-0.25, -0.2) is 14.0 Å². The summed E-state index contributed by atoms with van der Waals surface area (Å²) in [5.41, 5.74) is 0.105. The smallest absolute Gasteiger partial charge is 0.410 e. The van der Waals surface area contributed by atoms with Crippen LogP contribution >= 0.6 is 0 Å². The minimum absolute atomic E-state index is 0.243. The highest BCUT2D eigenvalue weighted by Gasteiger charge is 2.39. The normalized spacial score (nSPS) is 20.0. The zero-order valence-electron chi connectivity index (χ0n) is 15.8. The number of ether oxygens (including phenoxy) is 2. The Labute approximate surface area is 153 Å². The van der Waals surface area contributed by atoms with Gasteiger partial charge in [0.2, 0.25) is 0 Å². The van der Waals surface area contributed by atoms with Gasteiger partial charge >= 0.3 is 12.2 Å². The Hall–Kier alpha value is -2.31. The standard InChI is InChI=1S/C19H27FN2O4/c1-5-9-25-17(23)21-16-12-22(18(24)26-19(2,3)4)11-15(16)13-7-6-8-14(20)10-13/h6-8,10,15-16H,5,9,11-12H2,1-4H3,(H,21,23)/t15-,16+/m0/s1. The van der Waals surface area contributed by atoms with Crippen LogP contribution in [0.2, 0.25) is 0 Å². The van der Waals surface area contributed by atoms with E-state index in [1.165, 1.54) is 17.0 Å². The van der Waals surface area contributed by atoms with E-state index in [2.05, 4.69) is 5.32 Å². The first-order valence-electron chi connectivity index (χ1n) is 8.86. The average molecular weight is 366 g/mol. The largest absolute Gasteiger partial charge is 0.450 e. The number of carbonyl (C=O) groups is 2. The number of carbonyl (C=O) groups excluding carboxylic acids is 2. The molecule has 1 N–H and O–H groups in total. The van der Waals surface area contributed by atoms with Gasteiger partial charge in [-0.2, -0.15) is 0 Å². The molecule has 0 unspecified atom stereocenters. The summed E-state index contributed by atoms with van der Waals surface area (Å²) in [7, 11) is 0. The molecule has 2 atom stereocenters. The van der Waals surface area contributed by atoms with Crippen molar-refractivity contribution in [2.45, 2.75) is 51.7 Å². The minimum Gasteiger partial charge on any atom is -0.450 e. The van der Waals surface area contributed by atoms with Crippen molar-refractivity contribution in [1.82, 2.24) is 10.2 Å². The summed E-state index contributed by atoms with van der Waals surface area (Å²) in [6.45, 7) is 8.21. The average Bonchev–Trinajstić information content (AvgIpc) is 2.95. The second kappa shape index (κ2) is 8.38. The molecule has 1 aliphatic heterocycles. The number of hydrogen-bond acceptors (Lipinski definition) is 4. The molecule has 0 saturated carbocycles. The lowest BCUT2D eigenvalue weighted by Crippen LogP contribution is -2.41. The first kappa shape index (κ1) is 20.0. The molecule has 1 aromatic rings. The highest BCUT2D eigenvalue weighted by molar-refractivity contribution is 5.71. The van der Waals surface area contributed by atoms with Crippen LogP contribution in [0, 0.1) is 5.82 Å². The predicted octanol–water partition coefficient (Wildman–Crippen LogP) is 3.66. The summed E-state index contributed by atoms with van der Waals surface area (Å²) in [4.78, 5) is 25.9. The Morgan fingerprint density at radius 3 is 2.65 bits per heavy atom. The number of halogens is 1. The zero-order valence-corrected chi connectivity index (χ0v) is 15.8. The molecule has 0 radical (unpaired) electrons. The summed E-state index contributed by atoms with van der Waals surface area (Å²) < 4.78 is 24.1. The van der Waals surface area contributed by atoms with Crippen LogP contribution in [-0.2, 0) is 9.47 Å². The van der Waals surface area contributed by atoms with E-state index < -0.39 is 17.8 Å². The first-order valence-corrected chi connectivity index (χ1v) is 8.86. The minimum atomic E-state index is -0.614. The Morgan fingerprint density at radius 1 is 1.31 bits per heavy atom. The topological polar surface area (TPSA) is 67.9 Å². The molecule has 0 spiro atoms. The van der Waals surface area contributed by atoms with E-state index in [4.69, 9.17) is 9.47 Å². The van der Waals surface area contributed by atoms with E-state index in [1.807, 2.05) is 6.92 Å². The van der Waals surface area contributed by atoms with Crippen LogP contribution < -0.4 is 5.32 Å². The predicted molar refractivity (Wildman–Crippen MR) is 95.5 cm³/mol. The van der Waals surface area contributed by atoms with Gasteiger partial charge in [0, 0.05) is 19.0 Å². The molecule has 144 valence electrons. The molecule has 0 aliphatic carbocycles. The number of amides is 2. The third kappa shape index (κ3) is 5.61. The molecule has 1 aliphatic rings. The van der Waals surface area contributed by atoms with E-state index in [9.17, 15) is 14.0 Å². The van der Waals surface area contributed by atoms with Crippen molar-refractivity contribution in [3.63, 3.8) is 0 Å². The van der Waals surface area contributed by atoms with Crippen molar-refractivity contribution in [1.29, 1.82) is 0 Å². The van der Waals surface area contributed by atoms with Crippen LogP contribution in [-0.4, -0.2) is 48.4 Å². The summed E-state index contributed by atoms with van der Waals surface area (Å²) in [5, 5.41) is 2.80. The number of benzene rings is 1. The van der Waals surface area contributed by atoms with Gasteiger partial charge in [0.1, 0.15) is 11.4 Å². The fourth-order valence-corrected chi connectivity index (χ4v) is 2.89. The van der Waals surface area contributed by atoms with Gasteiger partial charge in [-0.15, -0.1) is 0 Å². The molecule has 2 rings (SSSR count). The highest BCUT2D eigenvalue weighted by atomic mass is 19.1. The van der Waals surface area contributed by atoms with Crippen LogP contribution in [0.5, 0.6) is 0 Å². The fourth-order valence-electron chi connectivity index (χ4n) is 2.89. The maximum atomic E-state index is 13.6. The van der Waals surface area contributed by atoms with Crippen molar-refractivity contribution in [3.8, 4) is 0 Å². The molecule has 1 fully saturated rings. The van der Waals surface area contributed by atoms with E-state index in [-0.39, 0.29) is 24.3 Å². The second-order valence-corrected chi connectivity index (χ2v) is 7.43. The quantitative estimate of drug-likeness (QED) is 0.883. The molecule has 26 heavy (non-hydrogen) atoms. The fraction of sp³-hybridized carbons (Fsp3) is 0.579. The Morgan fingerprint density at radius 2 is 2.04 bits per heavy atom. The third-order valence-electron chi connectivity index (χ3n) is 3.99. The van der Waals surface area contributed by atoms with Gasteiger partial charge in [0.15, 0.2) is 0 Å².